The highest BCUT2D eigenvalue weighted by molar-refractivity contribution is 5.51. The predicted octanol–water partition coefficient (Wildman–Crippen LogP) is 0.601. The number of hydrogen-bond donors (Lipinski definition) is 4. The van der Waals surface area contributed by atoms with Crippen LogP contribution in [0.2, 0.25) is 0 Å². The molecule has 3 heterocycles. The molecule has 8 nitrogen and oxygen atoms in total. The second-order valence-corrected chi connectivity index (χ2v) is 5.77. The summed E-state index contributed by atoms with van der Waals surface area (Å²) in [5.74, 6) is 1.60. The van der Waals surface area contributed by atoms with Crippen LogP contribution in [-0.2, 0) is 24.0 Å². The van der Waals surface area contributed by atoms with Gasteiger partial charge < -0.3 is 20.7 Å². The van der Waals surface area contributed by atoms with Crippen molar-refractivity contribution in [1.82, 2.24) is 25.5 Å². The van der Waals surface area contributed by atoms with Crippen LogP contribution in [0.3, 0.4) is 0 Å². The Morgan fingerprint density at radius 1 is 1.17 bits per heavy atom. The molecule has 2 aromatic rings. The number of nitrogens with zero attached hydrogens (tertiary/aromatic N) is 3. The first kappa shape index (κ1) is 16.7. The number of nitrogens with one attached hydrogen (secondary N) is 4. The second kappa shape index (κ2) is 8.60. The Balaban J connectivity index is 1.72. The molecule has 0 saturated heterocycles. The number of fused-ring (bicyclic) bond motifs is 1. The quantitative estimate of drug-likeness (QED) is 0.526. The summed E-state index contributed by atoms with van der Waals surface area (Å²) in [5, 5.41) is 17.0. The molecule has 0 spiro atoms. The van der Waals surface area contributed by atoms with Gasteiger partial charge in [-0.15, -0.1) is 0 Å². The van der Waals surface area contributed by atoms with Crippen molar-refractivity contribution in [3.8, 4) is 0 Å². The lowest BCUT2D eigenvalue weighted by Gasteiger charge is -2.15. The Morgan fingerprint density at radius 2 is 2.08 bits per heavy atom. The molecule has 24 heavy (non-hydrogen) atoms. The van der Waals surface area contributed by atoms with Crippen LogP contribution < -0.4 is 16.0 Å². The summed E-state index contributed by atoms with van der Waals surface area (Å²) in [7, 11) is 1.69. The highest BCUT2D eigenvalue weighted by Crippen LogP contribution is 2.21. The standard InChI is InChI=1S/C16H25N7O/c1-24-9-8-19-16-22-14-4-6-17-5-3-13(14)15(23-16)18-7-2-12-10-20-21-11-12/h10-11,17H,2-9H2,1H3,(H,20,21)(H2,18,19,22,23). The van der Waals surface area contributed by atoms with E-state index in [1.807, 2.05) is 12.4 Å². The van der Waals surface area contributed by atoms with Crippen LogP contribution in [0.4, 0.5) is 11.8 Å². The van der Waals surface area contributed by atoms with E-state index in [4.69, 9.17) is 9.72 Å². The van der Waals surface area contributed by atoms with Gasteiger partial charge in [0.1, 0.15) is 5.82 Å². The number of hydrogen-bond acceptors (Lipinski definition) is 7. The second-order valence-electron chi connectivity index (χ2n) is 5.77. The summed E-state index contributed by atoms with van der Waals surface area (Å²) in [6, 6.07) is 0. The maximum atomic E-state index is 5.08. The molecule has 4 N–H and O–H groups in total. The highest BCUT2D eigenvalue weighted by Gasteiger charge is 2.16. The maximum Gasteiger partial charge on any atom is 0.224 e. The lowest BCUT2D eigenvalue weighted by Crippen LogP contribution is -2.16. The van der Waals surface area contributed by atoms with E-state index in [-0.39, 0.29) is 0 Å². The SMILES string of the molecule is COCCNc1nc2c(c(NCCc3cn[nH]c3)n1)CCNCC2. The molecular formula is C16H25N7O. The summed E-state index contributed by atoms with van der Waals surface area (Å²) < 4.78 is 5.08. The first-order valence-electron chi connectivity index (χ1n) is 8.41. The number of ether oxygens (including phenoxy) is 1. The normalized spacial score (nSPS) is 14.0. The number of rotatable bonds is 8. The molecule has 1 aliphatic rings. The number of anilines is 2. The Bertz CT molecular complexity index is 630. The van der Waals surface area contributed by atoms with Gasteiger partial charge in [-0.3, -0.25) is 5.10 Å². The first-order chi connectivity index (χ1) is 11.9. The van der Waals surface area contributed by atoms with E-state index in [2.05, 4.69) is 31.1 Å². The molecule has 0 unspecified atom stereocenters. The summed E-state index contributed by atoms with van der Waals surface area (Å²) in [6.07, 6.45) is 6.54. The van der Waals surface area contributed by atoms with Gasteiger partial charge in [0, 0.05) is 44.9 Å². The Hall–Kier alpha value is -2.19. The topological polar surface area (TPSA) is 99.8 Å². The molecule has 0 aliphatic carbocycles. The fourth-order valence-corrected chi connectivity index (χ4v) is 2.77. The minimum absolute atomic E-state index is 0.630. The van der Waals surface area contributed by atoms with Crippen molar-refractivity contribution in [3.63, 3.8) is 0 Å². The van der Waals surface area contributed by atoms with Gasteiger partial charge in [-0.1, -0.05) is 0 Å². The zero-order chi connectivity index (χ0) is 16.6. The van der Waals surface area contributed by atoms with Crippen LogP contribution in [0.25, 0.3) is 0 Å². The van der Waals surface area contributed by atoms with Crippen molar-refractivity contribution in [3.05, 3.63) is 29.2 Å². The molecule has 0 atom stereocenters. The van der Waals surface area contributed by atoms with Crippen molar-refractivity contribution < 1.29 is 4.74 Å². The van der Waals surface area contributed by atoms with E-state index >= 15 is 0 Å². The summed E-state index contributed by atoms with van der Waals surface area (Å²) in [5.41, 5.74) is 3.54. The molecule has 0 amide bonds. The highest BCUT2D eigenvalue weighted by atomic mass is 16.5. The van der Waals surface area contributed by atoms with Crippen LogP contribution in [0.15, 0.2) is 12.4 Å². The van der Waals surface area contributed by atoms with Gasteiger partial charge in [0.15, 0.2) is 0 Å². The fourth-order valence-electron chi connectivity index (χ4n) is 2.77. The molecule has 0 aromatic carbocycles. The fraction of sp³-hybridized carbons (Fsp3) is 0.562. The smallest absolute Gasteiger partial charge is 0.224 e. The number of H-pyrrole nitrogens is 1. The average molecular weight is 331 g/mol. The van der Waals surface area contributed by atoms with Crippen LogP contribution >= 0.6 is 0 Å². The van der Waals surface area contributed by atoms with E-state index in [1.54, 1.807) is 7.11 Å². The predicted molar refractivity (Wildman–Crippen MR) is 93.5 cm³/mol. The molecule has 130 valence electrons. The van der Waals surface area contributed by atoms with Gasteiger partial charge in [0.2, 0.25) is 5.95 Å². The molecule has 1 aliphatic heterocycles. The van der Waals surface area contributed by atoms with Crippen LogP contribution in [-0.4, -0.2) is 60.1 Å². The number of methoxy groups -OCH3 is 1. The van der Waals surface area contributed by atoms with Crippen molar-refractivity contribution in [2.24, 2.45) is 0 Å². The third kappa shape index (κ3) is 4.42. The van der Waals surface area contributed by atoms with E-state index < -0.39 is 0 Å². The Labute approximate surface area is 141 Å². The molecule has 0 saturated carbocycles. The minimum Gasteiger partial charge on any atom is -0.383 e. The lowest BCUT2D eigenvalue weighted by molar-refractivity contribution is 0.210. The zero-order valence-corrected chi connectivity index (χ0v) is 14.1. The van der Waals surface area contributed by atoms with E-state index in [0.29, 0.717) is 19.1 Å². The maximum absolute atomic E-state index is 5.08. The van der Waals surface area contributed by atoms with Crippen molar-refractivity contribution in [2.75, 3.05) is 50.5 Å². The molecule has 2 aromatic heterocycles. The molecular weight excluding hydrogens is 306 g/mol. The van der Waals surface area contributed by atoms with E-state index in [1.165, 1.54) is 11.1 Å². The number of aromatic amines is 1. The largest absolute Gasteiger partial charge is 0.383 e. The van der Waals surface area contributed by atoms with Crippen LogP contribution in [0.1, 0.15) is 16.8 Å². The lowest BCUT2D eigenvalue weighted by atomic mass is 10.1. The summed E-state index contributed by atoms with van der Waals surface area (Å²) in [4.78, 5) is 9.37. The molecule has 3 rings (SSSR count). The molecule has 0 radical (unpaired) electrons. The van der Waals surface area contributed by atoms with Gasteiger partial charge in [-0.25, -0.2) is 4.98 Å². The third-order valence-corrected chi connectivity index (χ3v) is 4.03. The minimum atomic E-state index is 0.630. The van der Waals surface area contributed by atoms with Gasteiger partial charge in [-0.05, 0) is 24.9 Å². The first-order valence-corrected chi connectivity index (χ1v) is 8.41. The monoisotopic (exact) mass is 331 g/mol. The van der Waals surface area contributed by atoms with E-state index in [0.717, 1.165) is 50.4 Å². The van der Waals surface area contributed by atoms with Crippen LogP contribution in [0, 0.1) is 0 Å². The molecule has 8 heteroatoms. The Morgan fingerprint density at radius 3 is 2.92 bits per heavy atom. The average Bonchev–Trinajstić information content (AvgIpc) is 2.99. The zero-order valence-electron chi connectivity index (χ0n) is 14.1. The van der Waals surface area contributed by atoms with Crippen molar-refractivity contribution in [1.29, 1.82) is 0 Å². The van der Waals surface area contributed by atoms with Gasteiger partial charge in [-0.2, -0.15) is 10.1 Å². The van der Waals surface area contributed by atoms with Gasteiger partial charge in [0.25, 0.3) is 0 Å². The van der Waals surface area contributed by atoms with Gasteiger partial charge in [0.05, 0.1) is 18.5 Å². The summed E-state index contributed by atoms with van der Waals surface area (Å²) >= 11 is 0. The third-order valence-electron chi connectivity index (χ3n) is 4.03. The van der Waals surface area contributed by atoms with Gasteiger partial charge >= 0.3 is 0 Å². The van der Waals surface area contributed by atoms with Crippen LogP contribution in [0.5, 0.6) is 0 Å². The van der Waals surface area contributed by atoms with Crippen molar-refractivity contribution in [2.45, 2.75) is 19.3 Å². The molecule has 0 fully saturated rings. The Kier molecular flexibility index (Phi) is 5.97. The summed E-state index contributed by atoms with van der Waals surface area (Å²) in [6.45, 7) is 4.06. The van der Waals surface area contributed by atoms with Crippen molar-refractivity contribution >= 4 is 11.8 Å². The van der Waals surface area contributed by atoms with E-state index in [9.17, 15) is 0 Å². The number of aromatic nitrogens is 4. The molecule has 0 bridgehead atoms.